The number of carbonyl (C=O) groups is 8. The van der Waals surface area contributed by atoms with Crippen LogP contribution in [-0.4, -0.2) is 119 Å². The molecule has 4 aromatic rings. The highest BCUT2D eigenvalue weighted by Gasteiger charge is 2.36. The van der Waals surface area contributed by atoms with Crippen molar-refractivity contribution in [2.24, 2.45) is 5.73 Å². The number of unbranched alkanes of at least 4 members (excludes halogenated alkanes) is 1. The molecule has 0 spiro atoms. The summed E-state index contributed by atoms with van der Waals surface area (Å²) in [6.07, 6.45) is 2.23. The van der Waals surface area contributed by atoms with Gasteiger partial charge < -0.3 is 51.5 Å². The van der Waals surface area contributed by atoms with Gasteiger partial charge >= 0.3 is 16.4 Å². The molecule has 0 bridgehead atoms. The summed E-state index contributed by atoms with van der Waals surface area (Å²) in [7, 11) is -4.70. The summed E-state index contributed by atoms with van der Waals surface area (Å²) in [4.78, 5) is 110. The smallest absolute Gasteiger partial charge is 0.446 e. The summed E-state index contributed by atoms with van der Waals surface area (Å²) < 4.78 is 35.1. The molecule has 5 atom stereocenters. The topological polar surface area (TPSA) is 326 Å². The Bertz CT molecular complexity index is 2540. The normalized spacial score (nSPS) is 15.4. The van der Waals surface area contributed by atoms with Crippen LogP contribution < -0.4 is 36.5 Å². The van der Waals surface area contributed by atoms with Gasteiger partial charge in [-0.3, -0.25) is 42.9 Å². The van der Waals surface area contributed by atoms with Gasteiger partial charge in [0.1, 0.15) is 36.0 Å². The van der Waals surface area contributed by atoms with Gasteiger partial charge in [-0.25, -0.2) is 0 Å². The van der Waals surface area contributed by atoms with Crippen LogP contribution in [0, 0.1) is 0 Å². The number of aromatic nitrogens is 1. The molecule has 358 valence electrons. The zero-order chi connectivity index (χ0) is 48.7. The van der Waals surface area contributed by atoms with E-state index in [0.717, 1.165) is 10.9 Å². The first kappa shape index (κ1) is 50.7. The van der Waals surface area contributed by atoms with E-state index in [1.807, 2.05) is 25.1 Å². The number of para-hydroxylation sites is 1. The molecular weight excluding hydrogens is 893 g/mol. The molecule has 5 rings (SSSR count). The quantitative estimate of drug-likeness (QED) is 0.0411. The molecule has 67 heavy (non-hydrogen) atoms. The molecule has 1 aliphatic heterocycles. The molecule has 0 unspecified atom stereocenters. The second kappa shape index (κ2) is 23.7. The first-order valence-electron chi connectivity index (χ1n) is 21.5. The van der Waals surface area contributed by atoms with Gasteiger partial charge in [-0.05, 0) is 54.2 Å². The standard InChI is InChI=1S/C45H54N8O13S/c1-2-3-12-33(42(59)52-37(24-40(56)57)44(61)51-35(41(46)58)22-28-9-5-4-6-10-28)50-43(60)36(23-29-25-47-32-13-8-7-11-31(29)32)49-39(55)26-53-21-20-34(45(53)62)48-38(54)19-16-27-14-17-30(18-15-27)66-67(63,64)65/h4-11,13-15,17-18,25,33-37,47H,2-3,12,16,19-24,26H2,1H3,(H2,46,58)(H,48,54)(H,49,55)(H,50,60)(H,51,61)(H,52,59)(H,56,57)(H,63,64,65)/t33-,34-,35-,36-,37-/m0/s1. The Morgan fingerprint density at radius 1 is 0.806 bits per heavy atom. The van der Waals surface area contributed by atoms with Crippen LogP contribution in [0.5, 0.6) is 5.75 Å². The maximum absolute atomic E-state index is 14.2. The highest BCUT2D eigenvalue weighted by Crippen LogP contribution is 2.20. The van der Waals surface area contributed by atoms with Crippen LogP contribution in [-0.2, 0) is 68.0 Å². The zero-order valence-corrected chi connectivity index (χ0v) is 37.4. The van der Waals surface area contributed by atoms with Crippen molar-refractivity contribution < 1.29 is 60.6 Å². The van der Waals surface area contributed by atoms with Crippen molar-refractivity contribution in [2.45, 2.75) is 94.9 Å². The number of hydrogen-bond acceptors (Lipinski definition) is 11. The predicted octanol–water partition coefficient (Wildman–Crippen LogP) is 0.574. The van der Waals surface area contributed by atoms with Gasteiger partial charge in [-0.1, -0.05) is 80.4 Å². The number of aliphatic carboxylic acids is 1. The first-order chi connectivity index (χ1) is 31.9. The molecular formula is C45H54N8O13S. The van der Waals surface area contributed by atoms with Gasteiger partial charge in [-0.15, -0.1) is 0 Å². The number of H-pyrrole nitrogens is 1. The fourth-order valence-electron chi connectivity index (χ4n) is 7.48. The second-order valence-electron chi connectivity index (χ2n) is 16.0. The van der Waals surface area contributed by atoms with Gasteiger partial charge in [-0.2, -0.15) is 8.42 Å². The van der Waals surface area contributed by atoms with Gasteiger partial charge in [0.25, 0.3) is 0 Å². The number of aromatic amines is 1. The molecule has 2 heterocycles. The summed E-state index contributed by atoms with van der Waals surface area (Å²) in [5.41, 5.74) is 8.28. The van der Waals surface area contributed by atoms with Crippen molar-refractivity contribution in [3.05, 3.63) is 102 Å². The number of nitrogens with one attached hydrogen (secondary N) is 6. The van der Waals surface area contributed by atoms with Crippen LogP contribution in [0.15, 0.2) is 85.1 Å². The highest BCUT2D eigenvalue weighted by atomic mass is 32.3. The monoisotopic (exact) mass is 946 g/mol. The summed E-state index contributed by atoms with van der Waals surface area (Å²) >= 11 is 0. The van der Waals surface area contributed by atoms with Crippen molar-refractivity contribution in [1.82, 2.24) is 36.5 Å². The lowest BCUT2D eigenvalue weighted by atomic mass is 10.0. The number of amides is 7. The summed E-state index contributed by atoms with van der Waals surface area (Å²) in [5, 5.41) is 23.3. The molecule has 1 aromatic heterocycles. The number of primary amides is 1. The van der Waals surface area contributed by atoms with Crippen LogP contribution in [0.2, 0.25) is 0 Å². The summed E-state index contributed by atoms with van der Waals surface area (Å²) in [5.74, 6) is -6.79. The molecule has 1 fully saturated rings. The lowest BCUT2D eigenvalue weighted by Gasteiger charge is -2.26. The Labute approximate surface area is 385 Å². The number of carboxylic acid groups (broad SMARTS) is 1. The van der Waals surface area contributed by atoms with E-state index in [0.29, 0.717) is 29.5 Å². The number of nitrogens with two attached hydrogens (primary N) is 1. The number of likely N-dealkylation sites (tertiary alicyclic amines) is 1. The minimum Gasteiger partial charge on any atom is -0.481 e. The second-order valence-corrected chi connectivity index (χ2v) is 17.0. The summed E-state index contributed by atoms with van der Waals surface area (Å²) in [6.45, 7) is 1.49. The van der Waals surface area contributed by atoms with E-state index in [1.54, 1.807) is 42.6 Å². The molecule has 22 heteroatoms. The van der Waals surface area contributed by atoms with E-state index in [4.69, 9.17) is 10.3 Å². The average molecular weight is 947 g/mol. The fraction of sp³-hybridized carbons (Fsp3) is 0.378. The van der Waals surface area contributed by atoms with E-state index in [1.165, 1.54) is 29.2 Å². The maximum atomic E-state index is 14.2. The van der Waals surface area contributed by atoms with E-state index >= 15 is 0 Å². The van der Waals surface area contributed by atoms with Crippen molar-refractivity contribution in [1.29, 1.82) is 0 Å². The third-order valence-corrected chi connectivity index (χ3v) is 11.3. The Hall–Kier alpha value is -7.33. The van der Waals surface area contributed by atoms with Crippen LogP contribution in [0.4, 0.5) is 0 Å². The SMILES string of the molecule is CCCC[C@H](NC(=O)[C@H](Cc1c[nH]c2ccccc12)NC(=O)CN1CC[C@H](NC(=O)CCc2ccc(OS(=O)(=O)O)cc2)C1=O)C(=O)N[C@@H](CC(=O)O)C(=O)N[C@@H](Cc1ccccc1)C(N)=O. The van der Waals surface area contributed by atoms with E-state index in [9.17, 15) is 51.9 Å². The van der Waals surface area contributed by atoms with E-state index in [-0.39, 0.29) is 50.8 Å². The van der Waals surface area contributed by atoms with E-state index < -0.39 is 101 Å². The average Bonchev–Trinajstić information content (AvgIpc) is 3.84. The molecule has 1 aliphatic rings. The molecule has 10 N–H and O–H groups in total. The van der Waals surface area contributed by atoms with Crippen molar-refractivity contribution >= 4 is 68.6 Å². The Morgan fingerprint density at radius 3 is 2.12 bits per heavy atom. The Morgan fingerprint density at radius 2 is 1.45 bits per heavy atom. The molecule has 0 saturated carbocycles. The van der Waals surface area contributed by atoms with Crippen molar-refractivity contribution in [3.63, 3.8) is 0 Å². The fourth-order valence-corrected chi connectivity index (χ4v) is 7.84. The van der Waals surface area contributed by atoms with Crippen molar-refractivity contribution in [2.75, 3.05) is 13.1 Å². The third-order valence-electron chi connectivity index (χ3n) is 10.9. The minimum absolute atomic E-state index is 0.000932. The van der Waals surface area contributed by atoms with Crippen LogP contribution >= 0.6 is 0 Å². The molecule has 1 saturated heterocycles. The molecule has 0 aliphatic carbocycles. The van der Waals surface area contributed by atoms with Gasteiger partial charge in [0, 0.05) is 42.9 Å². The largest absolute Gasteiger partial charge is 0.481 e. The number of carboxylic acids is 1. The maximum Gasteiger partial charge on any atom is 0.446 e. The summed E-state index contributed by atoms with van der Waals surface area (Å²) in [6, 6.07) is 15.1. The van der Waals surface area contributed by atoms with Gasteiger partial charge in [0.05, 0.1) is 13.0 Å². The zero-order valence-electron chi connectivity index (χ0n) is 36.6. The number of rotatable bonds is 25. The predicted molar refractivity (Wildman–Crippen MR) is 241 cm³/mol. The number of carbonyl (C=O) groups excluding carboxylic acids is 7. The Kier molecular flexibility index (Phi) is 17.9. The number of fused-ring (bicyclic) bond motifs is 1. The lowest BCUT2D eigenvalue weighted by molar-refractivity contribution is -0.141. The van der Waals surface area contributed by atoms with E-state index in [2.05, 4.69) is 35.8 Å². The third kappa shape index (κ3) is 15.7. The number of hydrogen-bond donors (Lipinski definition) is 9. The Balaban J connectivity index is 1.24. The molecule has 3 aromatic carbocycles. The number of aryl methyl sites for hydroxylation is 1. The van der Waals surface area contributed by atoms with Gasteiger partial charge in [0.2, 0.25) is 41.4 Å². The molecule has 21 nitrogen and oxygen atoms in total. The number of benzene rings is 3. The van der Waals surface area contributed by atoms with Gasteiger partial charge in [0.15, 0.2) is 0 Å². The lowest BCUT2D eigenvalue weighted by Crippen LogP contribution is -2.59. The van der Waals surface area contributed by atoms with Crippen LogP contribution in [0.3, 0.4) is 0 Å². The number of nitrogens with zero attached hydrogens (tertiary/aromatic N) is 1. The van der Waals surface area contributed by atoms with Crippen molar-refractivity contribution in [3.8, 4) is 5.75 Å². The molecule has 0 radical (unpaired) electrons. The van der Waals surface area contributed by atoms with Crippen LogP contribution in [0.1, 0.15) is 62.1 Å². The first-order valence-corrected chi connectivity index (χ1v) is 22.9. The minimum atomic E-state index is -4.70. The van der Waals surface area contributed by atoms with Crippen LogP contribution in [0.25, 0.3) is 10.9 Å². The highest BCUT2D eigenvalue weighted by molar-refractivity contribution is 7.81. The molecule has 7 amide bonds.